The minimum absolute atomic E-state index is 0.0474. The molecule has 0 radical (unpaired) electrons. The van der Waals surface area contributed by atoms with Crippen LogP contribution in [0.25, 0.3) is 0 Å². The van der Waals surface area contributed by atoms with Crippen LogP contribution in [-0.4, -0.2) is 36.1 Å². The van der Waals surface area contributed by atoms with Crippen LogP contribution >= 0.6 is 11.6 Å². The standard InChI is InChI=1S/C13H17ClN2O2/c1-8-6-16(7-9(2)18-8)13(17)11-4-3-10(14)5-12(11)15/h3-5,8-9H,6-7,15H2,1-2H3/t8-,9+. The molecule has 98 valence electrons. The van der Waals surface area contributed by atoms with Gasteiger partial charge in [0, 0.05) is 23.8 Å². The second kappa shape index (κ2) is 5.16. The predicted octanol–water partition coefficient (Wildman–Crippen LogP) is 2.17. The van der Waals surface area contributed by atoms with Gasteiger partial charge in [-0.1, -0.05) is 11.6 Å². The molecule has 1 aliphatic heterocycles. The number of nitrogens with two attached hydrogens (primary N) is 1. The molecular weight excluding hydrogens is 252 g/mol. The molecule has 1 saturated heterocycles. The Labute approximate surface area is 112 Å². The first-order valence-electron chi connectivity index (χ1n) is 5.97. The molecule has 1 aromatic carbocycles. The molecule has 1 heterocycles. The zero-order chi connectivity index (χ0) is 13.3. The number of rotatable bonds is 1. The van der Waals surface area contributed by atoms with Gasteiger partial charge in [0.25, 0.3) is 5.91 Å². The number of ether oxygens (including phenoxy) is 1. The summed E-state index contributed by atoms with van der Waals surface area (Å²) in [5.74, 6) is -0.0637. The van der Waals surface area contributed by atoms with Gasteiger partial charge >= 0.3 is 0 Å². The van der Waals surface area contributed by atoms with Crippen LogP contribution in [0, 0.1) is 0 Å². The van der Waals surface area contributed by atoms with Crippen LogP contribution in [0.2, 0.25) is 5.02 Å². The van der Waals surface area contributed by atoms with Crippen molar-refractivity contribution < 1.29 is 9.53 Å². The topological polar surface area (TPSA) is 55.6 Å². The van der Waals surface area contributed by atoms with Gasteiger partial charge in [-0.05, 0) is 32.0 Å². The maximum atomic E-state index is 12.4. The summed E-state index contributed by atoms with van der Waals surface area (Å²) >= 11 is 5.83. The van der Waals surface area contributed by atoms with Crippen LogP contribution in [0.4, 0.5) is 5.69 Å². The quantitative estimate of drug-likeness (QED) is 0.794. The average Bonchev–Trinajstić information content (AvgIpc) is 2.26. The van der Waals surface area contributed by atoms with Crippen molar-refractivity contribution in [2.75, 3.05) is 18.8 Å². The van der Waals surface area contributed by atoms with E-state index >= 15 is 0 Å². The molecule has 5 heteroatoms. The first-order chi connectivity index (χ1) is 8.47. The van der Waals surface area contributed by atoms with Gasteiger partial charge in [-0.25, -0.2) is 0 Å². The Bertz CT molecular complexity index is 454. The Hall–Kier alpha value is -1.26. The van der Waals surface area contributed by atoms with Crippen molar-refractivity contribution in [2.45, 2.75) is 26.1 Å². The van der Waals surface area contributed by atoms with E-state index in [4.69, 9.17) is 22.1 Å². The molecule has 0 unspecified atom stereocenters. The van der Waals surface area contributed by atoms with Gasteiger partial charge in [0.15, 0.2) is 0 Å². The van der Waals surface area contributed by atoms with Crippen LogP contribution < -0.4 is 5.73 Å². The lowest BCUT2D eigenvalue weighted by molar-refractivity contribution is -0.0585. The van der Waals surface area contributed by atoms with Gasteiger partial charge in [-0.2, -0.15) is 0 Å². The SMILES string of the molecule is C[C@@H]1CN(C(=O)c2ccc(Cl)cc2N)C[C@H](C)O1. The first-order valence-corrected chi connectivity index (χ1v) is 6.35. The summed E-state index contributed by atoms with van der Waals surface area (Å²) < 4.78 is 5.61. The third kappa shape index (κ3) is 2.76. The van der Waals surface area contributed by atoms with E-state index in [9.17, 15) is 4.79 Å². The lowest BCUT2D eigenvalue weighted by Crippen LogP contribution is -2.48. The molecule has 0 aromatic heterocycles. The maximum absolute atomic E-state index is 12.4. The fourth-order valence-electron chi connectivity index (χ4n) is 2.24. The number of hydrogen-bond donors (Lipinski definition) is 1. The van der Waals surface area contributed by atoms with E-state index in [1.807, 2.05) is 13.8 Å². The van der Waals surface area contributed by atoms with Crippen LogP contribution in [0.5, 0.6) is 0 Å². The van der Waals surface area contributed by atoms with Gasteiger partial charge < -0.3 is 15.4 Å². The largest absolute Gasteiger partial charge is 0.398 e. The second-order valence-electron chi connectivity index (χ2n) is 4.70. The molecule has 4 nitrogen and oxygen atoms in total. The van der Waals surface area contributed by atoms with Crippen LogP contribution in [0.3, 0.4) is 0 Å². The fraction of sp³-hybridized carbons (Fsp3) is 0.462. The molecule has 2 atom stereocenters. The number of amides is 1. The third-order valence-corrected chi connectivity index (χ3v) is 3.19. The fourth-order valence-corrected chi connectivity index (χ4v) is 2.42. The van der Waals surface area contributed by atoms with E-state index < -0.39 is 0 Å². The summed E-state index contributed by atoms with van der Waals surface area (Å²) in [7, 11) is 0. The minimum Gasteiger partial charge on any atom is -0.398 e. The zero-order valence-electron chi connectivity index (χ0n) is 10.5. The van der Waals surface area contributed by atoms with Crippen LogP contribution in [-0.2, 0) is 4.74 Å². The second-order valence-corrected chi connectivity index (χ2v) is 5.14. The van der Waals surface area contributed by atoms with Gasteiger partial charge in [0.1, 0.15) is 0 Å². The highest BCUT2D eigenvalue weighted by atomic mass is 35.5. The molecular formula is C13H17ClN2O2. The number of halogens is 1. The summed E-state index contributed by atoms with van der Waals surface area (Å²) in [6.45, 7) is 5.10. The van der Waals surface area contributed by atoms with Crippen molar-refractivity contribution in [3.8, 4) is 0 Å². The summed E-state index contributed by atoms with van der Waals surface area (Å²) in [5.41, 5.74) is 6.75. The molecule has 0 aliphatic carbocycles. The van der Waals surface area contributed by atoms with Gasteiger partial charge in [-0.15, -0.1) is 0 Å². The number of benzene rings is 1. The molecule has 0 saturated carbocycles. The number of nitrogens with zero attached hydrogens (tertiary/aromatic N) is 1. The van der Waals surface area contributed by atoms with Gasteiger partial charge in [-0.3, -0.25) is 4.79 Å². The van der Waals surface area contributed by atoms with Crippen molar-refractivity contribution in [1.29, 1.82) is 0 Å². The lowest BCUT2D eigenvalue weighted by atomic mass is 10.1. The van der Waals surface area contributed by atoms with Crippen molar-refractivity contribution in [1.82, 2.24) is 4.90 Å². The van der Waals surface area contributed by atoms with Crippen molar-refractivity contribution in [3.63, 3.8) is 0 Å². The Morgan fingerprint density at radius 3 is 2.56 bits per heavy atom. The smallest absolute Gasteiger partial charge is 0.256 e. The van der Waals surface area contributed by atoms with E-state index in [1.54, 1.807) is 23.1 Å². The molecule has 1 fully saturated rings. The lowest BCUT2D eigenvalue weighted by Gasteiger charge is -2.35. The number of carbonyl (C=O) groups excluding carboxylic acids is 1. The van der Waals surface area contributed by atoms with E-state index in [2.05, 4.69) is 0 Å². The molecule has 2 N–H and O–H groups in total. The van der Waals surface area contributed by atoms with E-state index in [1.165, 1.54) is 0 Å². The predicted molar refractivity (Wildman–Crippen MR) is 71.8 cm³/mol. The summed E-state index contributed by atoms with van der Waals surface area (Å²) in [4.78, 5) is 14.1. The van der Waals surface area contributed by atoms with E-state index in [0.29, 0.717) is 29.4 Å². The number of anilines is 1. The Morgan fingerprint density at radius 1 is 1.39 bits per heavy atom. The molecule has 0 bridgehead atoms. The number of nitrogen functional groups attached to an aromatic ring is 1. The number of hydrogen-bond acceptors (Lipinski definition) is 3. The molecule has 18 heavy (non-hydrogen) atoms. The average molecular weight is 269 g/mol. The summed E-state index contributed by atoms with van der Waals surface area (Å²) in [5, 5.41) is 0.535. The number of carbonyl (C=O) groups is 1. The highest BCUT2D eigenvalue weighted by Crippen LogP contribution is 2.21. The zero-order valence-corrected chi connectivity index (χ0v) is 11.3. The van der Waals surface area contributed by atoms with Crippen molar-refractivity contribution >= 4 is 23.2 Å². The van der Waals surface area contributed by atoms with E-state index in [-0.39, 0.29) is 18.1 Å². The number of morpholine rings is 1. The Balaban J connectivity index is 2.20. The molecule has 1 aromatic rings. The van der Waals surface area contributed by atoms with Crippen LogP contribution in [0.1, 0.15) is 24.2 Å². The monoisotopic (exact) mass is 268 g/mol. The van der Waals surface area contributed by atoms with Crippen molar-refractivity contribution in [2.24, 2.45) is 0 Å². The van der Waals surface area contributed by atoms with Crippen molar-refractivity contribution in [3.05, 3.63) is 28.8 Å². The molecule has 1 amide bonds. The Morgan fingerprint density at radius 2 is 2.00 bits per heavy atom. The summed E-state index contributed by atoms with van der Waals surface area (Å²) in [6.07, 6.45) is 0.0949. The first kappa shape index (κ1) is 13.2. The maximum Gasteiger partial charge on any atom is 0.256 e. The highest BCUT2D eigenvalue weighted by Gasteiger charge is 2.27. The highest BCUT2D eigenvalue weighted by molar-refractivity contribution is 6.31. The molecule has 0 spiro atoms. The summed E-state index contributed by atoms with van der Waals surface area (Å²) in [6, 6.07) is 4.95. The minimum atomic E-state index is -0.0637. The van der Waals surface area contributed by atoms with E-state index in [0.717, 1.165) is 0 Å². The van der Waals surface area contributed by atoms with Crippen LogP contribution in [0.15, 0.2) is 18.2 Å². The molecule has 2 rings (SSSR count). The Kier molecular flexibility index (Phi) is 3.78. The molecule has 1 aliphatic rings. The third-order valence-electron chi connectivity index (χ3n) is 2.95. The van der Waals surface area contributed by atoms with Gasteiger partial charge in [0.05, 0.1) is 17.8 Å². The van der Waals surface area contributed by atoms with Gasteiger partial charge in [0.2, 0.25) is 0 Å². The normalized spacial score (nSPS) is 24.1.